The van der Waals surface area contributed by atoms with Gasteiger partial charge >= 0.3 is 0 Å². The van der Waals surface area contributed by atoms with Crippen LogP contribution in [0.1, 0.15) is 53.0 Å². The molecule has 7 heteroatoms. The summed E-state index contributed by atoms with van der Waals surface area (Å²) in [5.74, 6) is 0.793. The fraction of sp³-hybridized carbons (Fsp3) is 0.300. The minimum Gasteiger partial charge on any atom is -0.443 e. The van der Waals surface area contributed by atoms with Crippen LogP contribution in [0.15, 0.2) is 53.2 Å². The second kappa shape index (κ2) is 7.65. The fourth-order valence-corrected chi connectivity index (χ4v) is 3.36. The number of likely N-dealkylation sites (tertiary alicyclic amines) is 1. The van der Waals surface area contributed by atoms with Gasteiger partial charge in [0.1, 0.15) is 17.6 Å². The lowest BCUT2D eigenvalue weighted by molar-refractivity contribution is 0.0562. The molecule has 0 saturated carbocycles. The van der Waals surface area contributed by atoms with E-state index in [-0.39, 0.29) is 17.8 Å². The molecule has 1 aliphatic rings. The summed E-state index contributed by atoms with van der Waals surface area (Å²) in [7, 11) is 0. The first-order valence-corrected chi connectivity index (χ1v) is 8.98. The van der Waals surface area contributed by atoms with Gasteiger partial charge in [-0.3, -0.25) is 4.79 Å². The van der Waals surface area contributed by atoms with Crippen LogP contribution >= 0.6 is 0 Å². The molecule has 6 nitrogen and oxygen atoms in total. The first-order valence-electron chi connectivity index (χ1n) is 8.98. The van der Waals surface area contributed by atoms with Gasteiger partial charge in [-0.25, -0.2) is 9.37 Å². The third-order valence-corrected chi connectivity index (χ3v) is 4.70. The Balaban J connectivity index is 1.53. The van der Waals surface area contributed by atoms with Crippen LogP contribution in [-0.4, -0.2) is 32.5 Å². The molecule has 3 heterocycles. The summed E-state index contributed by atoms with van der Waals surface area (Å²) in [6.45, 7) is 0.635. The van der Waals surface area contributed by atoms with Crippen molar-refractivity contribution in [2.45, 2.75) is 31.7 Å². The highest BCUT2D eigenvalue weighted by Gasteiger charge is 2.32. The van der Waals surface area contributed by atoms with Gasteiger partial charge in [-0.15, -0.1) is 5.10 Å². The number of hydrogen-bond donors (Lipinski definition) is 0. The van der Waals surface area contributed by atoms with Crippen molar-refractivity contribution in [1.29, 1.82) is 0 Å². The topological polar surface area (TPSA) is 72.1 Å². The normalized spacial score (nSPS) is 17.1. The van der Waals surface area contributed by atoms with E-state index in [1.807, 2.05) is 0 Å². The maximum Gasteiger partial charge on any atom is 0.275 e. The van der Waals surface area contributed by atoms with E-state index in [9.17, 15) is 9.18 Å². The monoisotopic (exact) mass is 366 g/mol. The van der Waals surface area contributed by atoms with Crippen LogP contribution in [0, 0.1) is 5.82 Å². The zero-order valence-electron chi connectivity index (χ0n) is 14.7. The molecule has 1 saturated heterocycles. The van der Waals surface area contributed by atoms with Crippen molar-refractivity contribution in [3.05, 3.63) is 77.5 Å². The minimum absolute atomic E-state index is 0.161. The molecule has 0 unspecified atom stereocenters. The molecule has 1 fully saturated rings. The van der Waals surface area contributed by atoms with Gasteiger partial charge in [-0.2, -0.15) is 5.10 Å². The summed E-state index contributed by atoms with van der Waals surface area (Å²) < 4.78 is 19.0. The molecule has 1 atom stereocenters. The first-order chi connectivity index (χ1) is 13.2. The van der Waals surface area contributed by atoms with Crippen LogP contribution in [0.25, 0.3) is 0 Å². The smallest absolute Gasteiger partial charge is 0.275 e. The Labute approximate surface area is 156 Å². The van der Waals surface area contributed by atoms with E-state index in [4.69, 9.17) is 4.42 Å². The molecule has 0 aliphatic carbocycles. The molecule has 0 radical (unpaired) electrons. The number of hydrogen-bond acceptors (Lipinski definition) is 5. The number of aromatic nitrogens is 3. The van der Waals surface area contributed by atoms with Crippen LogP contribution in [0.4, 0.5) is 4.39 Å². The van der Waals surface area contributed by atoms with E-state index >= 15 is 0 Å². The van der Waals surface area contributed by atoms with Crippen LogP contribution in [-0.2, 0) is 6.42 Å². The summed E-state index contributed by atoms with van der Waals surface area (Å²) in [6, 6.07) is 9.45. The van der Waals surface area contributed by atoms with E-state index in [0.717, 1.165) is 24.8 Å². The summed E-state index contributed by atoms with van der Waals surface area (Å²) in [6.07, 6.45) is 6.48. The van der Waals surface area contributed by atoms with Crippen LogP contribution < -0.4 is 0 Å². The van der Waals surface area contributed by atoms with Gasteiger partial charge in [0.15, 0.2) is 5.69 Å². The second-order valence-electron chi connectivity index (χ2n) is 6.59. The predicted molar refractivity (Wildman–Crippen MR) is 95.4 cm³/mol. The molecule has 3 aromatic rings. The molecule has 0 N–H and O–H groups in total. The molecular formula is C20H19FN4O2. The lowest BCUT2D eigenvalue weighted by Gasteiger charge is -2.33. The number of nitrogens with zero attached hydrogens (tertiary/aromatic N) is 4. The largest absolute Gasteiger partial charge is 0.443 e. The standard InChI is InChI=1S/C20H19FN4O2/c21-15-8-6-14(7-9-15)12-16-13-22-19(27-16)18-5-1-2-11-25(18)20(26)17-4-3-10-23-24-17/h3-4,6-10,13,18H,1-2,5,11-12H2/t18-/m0/s1. The molecule has 1 aromatic carbocycles. The number of oxazole rings is 1. The van der Waals surface area contributed by atoms with Crippen molar-refractivity contribution in [3.8, 4) is 0 Å². The third kappa shape index (κ3) is 3.86. The summed E-state index contributed by atoms with van der Waals surface area (Å²) in [4.78, 5) is 19.0. The predicted octanol–water partition coefficient (Wildman–Crippen LogP) is 3.56. The van der Waals surface area contributed by atoms with E-state index in [2.05, 4.69) is 15.2 Å². The number of carbonyl (C=O) groups excluding carboxylic acids is 1. The Morgan fingerprint density at radius 2 is 2.07 bits per heavy atom. The first kappa shape index (κ1) is 17.3. The molecule has 0 bridgehead atoms. The van der Waals surface area contributed by atoms with E-state index in [1.54, 1.807) is 41.6 Å². The zero-order chi connectivity index (χ0) is 18.6. The molecular weight excluding hydrogens is 347 g/mol. The molecule has 0 spiro atoms. The highest BCUT2D eigenvalue weighted by molar-refractivity contribution is 5.92. The third-order valence-electron chi connectivity index (χ3n) is 4.70. The zero-order valence-corrected chi connectivity index (χ0v) is 14.7. The lowest BCUT2D eigenvalue weighted by Crippen LogP contribution is -2.39. The highest BCUT2D eigenvalue weighted by Crippen LogP contribution is 2.32. The summed E-state index contributed by atoms with van der Waals surface area (Å²) in [5.41, 5.74) is 1.26. The number of carbonyl (C=O) groups is 1. The van der Waals surface area contributed by atoms with E-state index < -0.39 is 0 Å². The summed E-state index contributed by atoms with van der Waals surface area (Å²) >= 11 is 0. The van der Waals surface area contributed by atoms with E-state index in [1.165, 1.54) is 12.1 Å². The van der Waals surface area contributed by atoms with Crippen LogP contribution in [0.5, 0.6) is 0 Å². The van der Waals surface area contributed by atoms with Crippen molar-refractivity contribution >= 4 is 5.91 Å². The maximum absolute atomic E-state index is 13.0. The average molecular weight is 366 g/mol. The van der Waals surface area contributed by atoms with Crippen molar-refractivity contribution < 1.29 is 13.6 Å². The van der Waals surface area contributed by atoms with Gasteiger partial charge in [0.05, 0.1) is 6.20 Å². The average Bonchev–Trinajstić information content (AvgIpc) is 3.18. The van der Waals surface area contributed by atoms with Crippen molar-refractivity contribution in [2.24, 2.45) is 0 Å². The quantitative estimate of drug-likeness (QED) is 0.706. The number of piperidine rings is 1. The molecule has 1 aliphatic heterocycles. The highest BCUT2D eigenvalue weighted by atomic mass is 19.1. The Morgan fingerprint density at radius 3 is 2.85 bits per heavy atom. The Hall–Kier alpha value is -3.09. The molecule has 4 rings (SSSR count). The number of rotatable bonds is 4. The van der Waals surface area contributed by atoms with Gasteiger partial charge in [-0.1, -0.05) is 12.1 Å². The minimum atomic E-state index is -0.266. The number of benzene rings is 1. The SMILES string of the molecule is O=C(c1cccnn1)N1CCCC[C@H]1c1ncc(Cc2ccc(F)cc2)o1. The maximum atomic E-state index is 13.0. The van der Waals surface area contributed by atoms with Gasteiger partial charge in [0.25, 0.3) is 5.91 Å². The Morgan fingerprint density at radius 1 is 1.22 bits per heavy atom. The van der Waals surface area contributed by atoms with Crippen molar-refractivity contribution in [2.75, 3.05) is 6.54 Å². The van der Waals surface area contributed by atoms with Crippen LogP contribution in [0.2, 0.25) is 0 Å². The number of amides is 1. The van der Waals surface area contributed by atoms with Crippen molar-refractivity contribution in [1.82, 2.24) is 20.1 Å². The molecule has 2 aromatic heterocycles. The molecule has 27 heavy (non-hydrogen) atoms. The van der Waals surface area contributed by atoms with Crippen LogP contribution in [0.3, 0.4) is 0 Å². The van der Waals surface area contributed by atoms with Crippen molar-refractivity contribution in [3.63, 3.8) is 0 Å². The van der Waals surface area contributed by atoms with Gasteiger partial charge in [0.2, 0.25) is 5.89 Å². The fourth-order valence-electron chi connectivity index (χ4n) is 3.36. The Kier molecular flexibility index (Phi) is 4.91. The molecule has 1 amide bonds. The summed E-state index contributed by atoms with van der Waals surface area (Å²) in [5, 5.41) is 7.72. The van der Waals surface area contributed by atoms with Gasteiger partial charge in [-0.05, 0) is 49.1 Å². The second-order valence-corrected chi connectivity index (χ2v) is 6.59. The van der Waals surface area contributed by atoms with Gasteiger partial charge in [0, 0.05) is 19.2 Å². The Bertz CT molecular complexity index is 911. The molecule has 138 valence electrons. The lowest BCUT2D eigenvalue weighted by atomic mass is 10.0. The van der Waals surface area contributed by atoms with Gasteiger partial charge < -0.3 is 9.32 Å². The number of halogens is 1. The van der Waals surface area contributed by atoms with E-state index in [0.29, 0.717) is 30.3 Å².